The minimum atomic E-state index is 1.08. The van der Waals surface area contributed by atoms with Crippen LogP contribution in [0.15, 0.2) is 42.5 Å². The summed E-state index contributed by atoms with van der Waals surface area (Å²) in [6.45, 7) is 4.40. The number of hydrogen-bond donors (Lipinski definition) is 0. The Labute approximate surface area is 109 Å². The van der Waals surface area contributed by atoms with Gasteiger partial charge in [-0.2, -0.15) is 0 Å². The lowest BCUT2D eigenvalue weighted by Gasteiger charge is -2.25. The molecular weight excluding hydrogens is 218 g/mol. The summed E-state index contributed by atoms with van der Waals surface area (Å²) in [5, 5.41) is 0. The molecule has 1 aliphatic heterocycles. The molecule has 0 aliphatic carbocycles. The van der Waals surface area contributed by atoms with E-state index in [0.717, 1.165) is 6.54 Å². The Balaban J connectivity index is 2.01. The predicted octanol–water partition coefficient (Wildman–Crippen LogP) is 3.65. The summed E-state index contributed by atoms with van der Waals surface area (Å²) >= 11 is 0. The van der Waals surface area contributed by atoms with Gasteiger partial charge < -0.3 is 4.90 Å². The van der Waals surface area contributed by atoms with Crippen LogP contribution in [-0.4, -0.2) is 18.5 Å². The van der Waals surface area contributed by atoms with Crippen molar-refractivity contribution in [3.63, 3.8) is 0 Å². The third-order valence-corrected chi connectivity index (χ3v) is 3.76. The van der Waals surface area contributed by atoms with E-state index >= 15 is 0 Å². The van der Waals surface area contributed by atoms with Gasteiger partial charge in [0.15, 0.2) is 0 Å². The molecular formula is C17H19N. The zero-order chi connectivity index (χ0) is 12.5. The molecule has 0 saturated heterocycles. The quantitative estimate of drug-likeness (QED) is 0.731. The van der Waals surface area contributed by atoms with Crippen molar-refractivity contribution in [1.82, 2.24) is 4.90 Å². The number of fused-ring (bicyclic) bond motifs is 1. The molecule has 0 N–H and O–H groups in total. The fraction of sp³-hybridized carbons (Fsp3) is 0.294. The maximum absolute atomic E-state index is 2.39. The van der Waals surface area contributed by atoms with Gasteiger partial charge in [-0.05, 0) is 48.7 Å². The summed E-state index contributed by atoms with van der Waals surface area (Å²) in [5.41, 5.74) is 6.99. The highest BCUT2D eigenvalue weighted by molar-refractivity contribution is 5.65. The maximum Gasteiger partial charge on any atom is 0.0233 e. The van der Waals surface area contributed by atoms with E-state index in [1.807, 2.05) is 0 Å². The second kappa shape index (κ2) is 4.58. The molecule has 1 aliphatic rings. The molecule has 0 fully saturated rings. The highest BCUT2D eigenvalue weighted by Crippen LogP contribution is 2.26. The minimum absolute atomic E-state index is 1.08. The van der Waals surface area contributed by atoms with E-state index in [4.69, 9.17) is 0 Å². The lowest BCUT2D eigenvalue weighted by Crippen LogP contribution is -2.26. The second-order valence-corrected chi connectivity index (χ2v) is 5.34. The van der Waals surface area contributed by atoms with Gasteiger partial charge in [0.2, 0.25) is 0 Å². The molecule has 18 heavy (non-hydrogen) atoms. The van der Waals surface area contributed by atoms with Gasteiger partial charge in [-0.3, -0.25) is 0 Å². The van der Waals surface area contributed by atoms with Crippen molar-refractivity contribution in [3.8, 4) is 11.1 Å². The van der Waals surface area contributed by atoms with Crippen LogP contribution < -0.4 is 0 Å². The molecule has 0 atom stereocenters. The van der Waals surface area contributed by atoms with Gasteiger partial charge in [0, 0.05) is 13.1 Å². The van der Waals surface area contributed by atoms with Crippen LogP contribution in [0.25, 0.3) is 11.1 Å². The van der Waals surface area contributed by atoms with Gasteiger partial charge in [-0.25, -0.2) is 0 Å². The van der Waals surface area contributed by atoms with Crippen LogP contribution in [0.1, 0.15) is 16.7 Å². The smallest absolute Gasteiger partial charge is 0.0233 e. The molecule has 1 heterocycles. The van der Waals surface area contributed by atoms with Crippen molar-refractivity contribution in [2.45, 2.75) is 19.9 Å². The molecule has 3 rings (SSSR count). The Morgan fingerprint density at radius 1 is 0.944 bits per heavy atom. The lowest BCUT2D eigenvalue weighted by molar-refractivity contribution is 0.313. The molecule has 2 aromatic carbocycles. The fourth-order valence-corrected chi connectivity index (χ4v) is 2.70. The molecule has 0 aromatic heterocycles. The van der Waals surface area contributed by atoms with E-state index in [2.05, 4.69) is 61.3 Å². The summed E-state index contributed by atoms with van der Waals surface area (Å²) in [4.78, 5) is 2.39. The normalized spacial score (nSPS) is 15.4. The second-order valence-electron chi connectivity index (χ2n) is 5.34. The van der Waals surface area contributed by atoms with Crippen LogP contribution in [-0.2, 0) is 13.0 Å². The van der Waals surface area contributed by atoms with E-state index in [1.54, 1.807) is 0 Å². The first-order chi connectivity index (χ1) is 8.72. The van der Waals surface area contributed by atoms with Crippen LogP contribution in [0.5, 0.6) is 0 Å². The summed E-state index contributed by atoms with van der Waals surface area (Å²) < 4.78 is 0. The molecule has 1 heteroatoms. The monoisotopic (exact) mass is 237 g/mol. The van der Waals surface area contributed by atoms with Gasteiger partial charge in [-0.15, -0.1) is 0 Å². The molecule has 0 bridgehead atoms. The Morgan fingerprint density at radius 3 is 2.61 bits per heavy atom. The first kappa shape index (κ1) is 11.5. The highest BCUT2D eigenvalue weighted by Gasteiger charge is 2.13. The Morgan fingerprint density at radius 2 is 1.78 bits per heavy atom. The number of benzene rings is 2. The highest BCUT2D eigenvalue weighted by atomic mass is 15.1. The number of likely N-dealkylation sites (N-methyl/N-ethyl adjacent to an activating group) is 1. The fourth-order valence-electron chi connectivity index (χ4n) is 2.70. The van der Waals surface area contributed by atoms with Crippen molar-refractivity contribution in [2.75, 3.05) is 13.6 Å². The minimum Gasteiger partial charge on any atom is -0.302 e. The van der Waals surface area contributed by atoms with Crippen LogP contribution in [0.4, 0.5) is 0 Å². The van der Waals surface area contributed by atoms with Crippen molar-refractivity contribution in [2.24, 2.45) is 0 Å². The van der Waals surface area contributed by atoms with E-state index in [0.29, 0.717) is 0 Å². The molecule has 2 aromatic rings. The van der Waals surface area contributed by atoms with Crippen LogP contribution in [0.3, 0.4) is 0 Å². The van der Waals surface area contributed by atoms with Crippen molar-refractivity contribution >= 4 is 0 Å². The molecule has 0 spiro atoms. The first-order valence-corrected chi connectivity index (χ1v) is 6.60. The van der Waals surface area contributed by atoms with Gasteiger partial charge in [-0.1, -0.05) is 42.0 Å². The lowest BCUT2D eigenvalue weighted by atomic mass is 9.94. The third kappa shape index (κ3) is 2.19. The van der Waals surface area contributed by atoms with Crippen LogP contribution in [0, 0.1) is 6.92 Å². The molecule has 1 nitrogen and oxygen atoms in total. The number of nitrogens with zero attached hydrogens (tertiary/aromatic N) is 1. The van der Waals surface area contributed by atoms with E-state index in [9.17, 15) is 0 Å². The predicted molar refractivity (Wildman–Crippen MR) is 76.7 cm³/mol. The Kier molecular flexibility index (Phi) is 2.92. The van der Waals surface area contributed by atoms with Crippen molar-refractivity contribution < 1.29 is 0 Å². The average molecular weight is 237 g/mol. The van der Waals surface area contributed by atoms with E-state index in [1.165, 1.54) is 40.8 Å². The summed E-state index contributed by atoms with van der Waals surface area (Å²) in [5.74, 6) is 0. The molecule has 0 radical (unpaired) electrons. The average Bonchev–Trinajstić information content (AvgIpc) is 2.38. The summed E-state index contributed by atoms with van der Waals surface area (Å²) in [6.07, 6.45) is 1.18. The molecule has 0 unspecified atom stereocenters. The topological polar surface area (TPSA) is 3.24 Å². The Hall–Kier alpha value is -1.60. The zero-order valence-electron chi connectivity index (χ0n) is 11.1. The maximum atomic E-state index is 2.39. The van der Waals surface area contributed by atoms with Gasteiger partial charge in [0.1, 0.15) is 0 Å². The van der Waals surface area contributed by atoms with Gasteiger partial charge in [0.05, 0.1) is 0 Å². The summed E-state index contributed by atoms with van der Waals surface area (Å²) in [6, 6.07) is 15.7. The van der Waals surface area contributed by atoms with Crippen molar-refractivity contribution in [3.05, 3.63) is 59.2 Å². The third-order valence-electron chi connectivity index (χ3n) is 3.76. The van der Waals surface area contributed by atoms with Crippen LogP contribution in [0.2, 0.25) is 0 Å². The van der Waals surface area contributed by atoms with E-state index < -0.39 is 0 Å². The van der Waals surface area contributed by atoms with Gasteiger partial charge in [0.25, 0.3) is 0 Å². The van der Waals surface area contributed by atoms with Crippen LogP contribution >= 0.6 is 0 Å². The number of rotatable bonds is 1. The first-order valence-electron chi connectivity index (χ1n) is 6.60. The standard InChI is InChI=1S/C17H19N/c1-13-4-3-5-15(10-13)16-7-6-14-8-9-18(2)12-17(14)11-16/h3-7,10-11H,8-9,12H2,1-2H3. The van der Waals surface area contributed by atoms with Gasteiger partial charge >= 0.3 is 0 Å². The number of aryl methyl sites for hydroxylation is 1. The number of hydrogen-bond acceptors (Lipinski definition) is 1. The zero-order valence-corrected chi connectivity index (χ0v) is 11.1. The molecule has 92 valence electrons. The molecule has 0 amide bonds. The largest absolute Gasteiger partial charge is 0.302 e. The van der Waals surface area contributed by atoms with E-state index in [-0.39, 0.29) is 0 Å². The summed E-state index contributed by atoms with van der Waals surface area (Å²) in [7, 11) is 2.20. The Bertz CT molecular complexity index is 572. The molecule has 0 saturated carbocycles. The van der Waals surface area contributed by atoms with Crippen molar-refractivity contribution in [1.29, 1.82) is 0 Å². The SMILES string of the molecule is Cc1cccc(-c2ccc3c(c2)CN(C)CC3)c1.